The van der Waals surface area contributed by atoms with Crippen LogP contribution in [-0.2, 0) is 10.0 Å². The van der Waals surface area contributed by atoms with Crippen molar-refractivity contribution < 1.29 is 23.1 Å². The maximum Gasteiger partial charge on any atom is 0.337 e. The highest BCUT2D eigenvalue weighted by molar-refractivity contribution is 9.10. The minimum Gasteiger partial charge on any atom is -0.478 e. The van der Waals surface area contributed by atoms with E-state index in [1.54, 1.807) is 36.4 Å². The number of anilines is 1. The van der Waals surface area contributed by atoms with E-state index in [2.05, 4.69) is 20.7 Å². The highest BCUT2D eigenvalue weighted by Crippen LogP contribution is 2.36. The summed E-state index contributed by atoms with van der Waals surface area (Å²) in [7, 11) is -4.17. The van der Waals surface area contributed by atoms with Gasteiger partial charge in [0.2, 0.25) is 0 Å². The average molecular weight is 483 g/mol. The van der Waals surface area contributed by atoms with Crippen molar-refractivity contribution in [3.05, 3.63) is 81.8 Å². The van der Waals surface area contributed by atoms with Gasteiger partial charge < -0.3 is 9.84 Å². The van der Waals surface area contributed by atoms with Gasteiger partial charge in [0, 0.05) is 4.47 Å². The fourth-order valence-corrected chi connectivity index (χ4v) is 4.38. The summed E-state index contributed by atoms with van der Waals surface area (Å²) in [5.74, 6) is -0.794. The van der Waals surface area contributed by atoms with Gasteiger partial charge in [-0.15, -0.1) is 0 Å². The zero-order chi connectivity index (χ0) is 20.3. The van der Waals surface area contributed by atoms with Crippen molar-refractivity contribution in [3.63, 3.8) is 0 Å². The monoisotopic (exact) mass is 481 g/mol. The third-order valence-electron chi connectivity index (χ3n) is 3.65. The van der Waals surface area contributed by atoms with Gasteiger partial charge in [-0.3, -0.25) is 4.72 Å². The lowest BCUT2D eigenvalue weighted by Gasteiger charge is -2.15. The molecule has 0 spiro atoms. The van der Waals surface area contributed by atoms with Gasteiger partial charge in [-0.2, -0.15) is 0 Å². The Hall–Kier alpha value is -2.55. The third kappa shape index (κ3) is 4.46. The van der Waals surface area contributed by atoms with Crippen LogP contribution in [0.1, 0.15) is 10.4 Å². The van der Waals surface area contributed by atoms with Gasteiger partial charge >= 0.3 is 5.97 Å². The van der Waals surface area contributed by atoms with Crippen LogP contribution >= 0.6 is 27.5 Å². The third-order valence-corrected chi connectivity index (χ3v) is 5.86. The van der Waals surface area contributed by atoms with Crippen LogP contribution in [-0.4, -0.2) is 19.5 Å². The molecule has 0 saturated carbocycles. The number of hydrogen-bond acceptors (Lipinski definition) is 4. The van der Waals surface area contributed by atoms with E-state index in [4.69, 9.17) is 16.3 Å². The first-order valence-corrected chi connectivity index (χ1v) is 10.5. The second kappa shape index (κ2) is 8.22. The maximum absolute atomic E-state index is 12.8. The van der Waals surface area contributed by atoms with Gasteiger partial charge in [0.1, 0.15) is 10.6 Å². The molecule has 0 saturated heterocycles. The van der Waals surface area contributed by atoms with Crippen LogP contribution < -0.4 is 9.46 Å². The predicted molar refractivity (Wildman–Crippen MR) is 110 cm³/mol. The Labute approximate surface area is 174 Å². The number of halogens is 2. The van der Waals surface area contributed by atoms with Crippen LogP contribution in [0.3, 0.4) is 0 Å². The van der Waals surface area contributed by atoms with E-state index in [1.807, 2.05) is 0 Å². The number of rotatable bonds is 6. The molecule has 3 aromatic rings. The number of sulfonamides is 1. The van der Waals surface area contributed by atoms with Gasteiger partial charge in [-0.25, -0.2) is 13.2 Å². The number of aromatic carboxylic acids is 1. The van der Waals surface area contributed by atoms with Gasteiger partial charge in [0.25, 0.3) is 10.0 Å². The molecule has 144 valence electrons. The van der Waals surface area contributed by atoms with E-state index in [1.165, 1.54) is 30.3 Å². The molecular formula is C19H13BrClNO5S. The standard InChI is InChI=1S/C19H13BrClNO5S/c20-12-9-10-16(14(21)11-12)27-17-7-3-2-6-15(17)22-28(25,26)18-8-4-1-5-13(18)19(23)24/h1-11,22H,(H,23,24). The second-order valence-corrected chi connectivity index (χ2v) is 8.55. The molecule has 0 aliphatic rings. The van der Waals surface area contributed by atoms with E-state index in [-0.39, 0.29) is 21.9 Å². The zero-order valence-corrected chi connectivity index (χ0v) is 17.3. The largest absolute Gasteiger partial charge is 0.478 e. The Bertz CT molecular complexity index is 1150. The molecule has 0 atom stereocenters. The zero-order valence-electron chi connectivity index (χ0n) is 14.1. The van der Waals surface area contributed by atoms with E-state index in [0.29, 0.717) is 10.8 Å². The molecule has 0 heterocycles. The van der Waals surface area contributed by atoms with Gasteiger partial charge in [0.05, 0.1) is 16.3 Å². The fraction of sp³-hybridized carbons (Fsp3) is 0. The lowest BCUT2D eigenvalue weighted by molar-refractivity contribution is 0.0692. The first kappa shape index (κ1) is 20.2. The molecule has 0 unspecified atom stereocenters. The molecule has 9 heteroatoms. The topological polar surface area (TPSA) is 92.7 Å². The van der Waals surface area contributed by atoms with Crippen molar-refractivity contribution in [1.29, 1.82) is 0 Å². The number of nitrogens with one attached hydrogen (secondary N) is 1. The van der Waals surface area contributed by atoms with Crippen molar-refractivity contribution in [2.75, 3.05) is 4.72 Å². The average Bonchev–Trinajstić information content (AvgIpc) is 2.65. The normalized spacial score (nSPS) is 11.1. The Morgan fingerprint density at radius 1 is 1.00 bits per heavy atom. The van der Waals surface area contributed by atoms with E-state index in [0.717, 1.165) is 4.47 Å². The van der Waals surface area contributed by atoms with E-state index >= 15 is 0 Å². The highest BCUT2D eigenvalue weighted by atomic mass is 79.9. The molecule has 0 radical (unpaired) electrons. The summed E-state index contributed by atoms with van der Waals surface area (Å²) in [6.07, 6.45) is 0. The molecule has 0 fully saturated rings. The molecule has 0 amide bonds. The van der Waals surface area contributed by atoms with Crippen LogP contribution in [0.25, 0.3) is 0 Å². The Morgan fingerprint density at radius 2 is 1.68 bits per heavy atom. The molecular weight excluding hydrogens is 470 g/mol. The first-order chi connectivity index (χ1) is 13.3. The van der Waals surface area contributed by atoms with E-state index < -0.39 is 16.0 Å². The minimum absolute atomic E-state index is 0.140. The summed E-state index contributed by atoms with van der Waals surface area (Å²) in [6.45, 7) is 0. The molecule has 2 N–H and O–H groups in total. The second-order valence-electron chi connectivity index (χ2n) is 5.58. The van der Waals surface area contributed by atoms with Crippen molar-refractivity contribution in [3.8, 4) is 11.5 Å². The maximum atomic E-state index is 12.8. The number of carbonyl (C=O) groups is 1. The molecule has 3 rings (SSSR count). The lowest BCUT2D eigenvalue weighted by Crippen LogP contribution is -2.17. The van der Waals surface area contributed by atoms with Crippen LogP contribution in [0, 0.1) is 0 Å². The summed E-state index contributed by atoms with van der Waals surface area (Å²) in [5, 5.41) is 9.60. The highest BCUT2D eigenvalue weighted by Gasteiger charge is 2.23. The lowest BCUT2D eigenvalue weighted by atomic mass is 10.2. The SMILES string of the molecule is O=C(O)c1ccccc1S(=O)(=O)Nc1ccccc1Oc1ccc(Br)cc1Cl. The van der Waals surface area contributed by atoms with Gasteiger partial charge in [-0.1, -0.05) is 51.8 Å². The number of para-hydroxylation sites is 2. The quantitative estimate of drug-likeness (QED) is 0.491. The molecule has 3 aromatic carbocycles. The first-order valence-electron chi connectivity index (χ1n) is 7.85. The van der Waals surface area contributed by atoms with Crippen molar-refractivity contribution in [2.24, 2.45) is 0 Å². The molecule has 0 aliphatic heterocycles. The van der Waals surface area contributed by atoms with Crippen molar-refractivity contribution in [2.45, 2.75) is 4.90 Å². The molecule has 0 aliphatic carbocycles. The minimum atomic E-state index is -4.17. The molecule has 6 nitrogen and oxygen atoms in total. The van der Waals surface area contributed by atoms with Gasteiger partial charge in [0.15, 0.2) is 5.75 Å². The summed E-state index contributed by atoms with van der Waals surface area (Å²) in [5.41, 5.74) is -0.189. The Balaban J connectivity index is 1.97. The van der Waals surface area contributed by atoms with Crippen molar-refractivity contribution in [1.82, 2.24) is 0 Å². The summed E-state index contributed by atoms with van der Waals surface area (Å²) >= 11 is 9.46. The van der Waals surface area contributed by atoms with Gasteiger partial charge in [-0.05, 0) is 42.5 Å². The van der Waals surface area contributed by atoms with Crippen LogP contribution in [0.2, 0.25) is 5.02 Å². The predicted octanol–water partition coefficient (Wildman–Crippen LogP) is 5.39. The number of hydrogen-bond donors (Lipinski definition) is 2. The number of ether oxygens (including phenoxy) is 1. The summed E-state index contributed by atoms with van der Waals surface area (Å²) < 4.78 is 34.5. The van der Waals surface area contributed by atoms with Crippen LogP contribution in [0.5, 0.6) is 11.5 Å². The number of carboxylic acids is 1. The van der Waals surface area contributed by atoms with Crippen LogP contribution in [0.4, 0.5) is 5.69 Å². The Kier molecular flexibility index (Phi) is 5.93. The smallest absolute Gasteiger partial charge is 0.337 e. The van der Waals surface area contributed by atoms with Crippen LogP contribution in [0.15, 0.2) is 76.1 Å². The number of carboxylic acid groups (broad SMARTS) is 1. The number of benzene rings is 3. The fourth-order valence-electron chi connectivity index (χ4n) is 2.39. The van der Waals surface area contributed by atoms with Crippen molar-refractivity contribution >= 4 is 49.2 Å². The molecule has 0 bridgehead atoms. The summed E-state index contributed by atoms with van der Waals surface area (Å²) in [6, 6.07) is 16.7. The summed E-state index contributed by atoms with van der Waals surface area (Å²) in [4.78, 5) is 11.0. The van der Waals surface area contributed by atoms with E-state index in [9.17, 15) is 18.3 Å². The Morgan fingerprint density at radius 3 is 2.39 bits per heavy atom. The molecule has 0 aromatic heterocycles. The molecule has 28 heavy (non-hydrogen) atoms.